The second kappa shape index (κ2) is 30.2. The first kappa shape index (κ1) is 65.8. The number of aliphatic hydroxyl groups excluding tert-OH is 1. The van der Waals surface area contributed by atoms with Crippen molar-refractivity contribution in [2.75, 3.05) is 55.4 Å². The van der Waals surface area contributed by atoms with Crippen LogP contribution < -0.4 is 21.3 Å². The molecule has 0 spiro atoms. The summed E-state index contributed by atoms with van der Waals surface area (Å²) in [6.45, 7) is 15.7. The predicted molar refractivity (Wildman–Crippen MR) is 275 cm³/mol. The summed E-state index contributed by atoms with van der Waals surface area (Å²) in [7, 11) is 8.54. The maximum atomic E-state index is 14.7. The lowest BCUT2D eigenvalue weighted by molar-refractivity contribution is -0.152. The van der Waals surface area contributed by atoms with Crippen LogP contribution >= 0.6 is 0 Å². The quantitative estimate of drug-likeness (QED) is 0.0546. The van der Waals surface area contributed by atoms with E-state index in [9.17, 15) is 58.2 Å². The molecule has 23 nitrogen and oxygen atoms in total. The van der Waals surface area contributed by atoms with Crippen molar-refractivity contribution in [3.8, 4) is 0 Å². The van der Waals surface area contributed by atoms with Crippen LogP contribution in [0.5, 0.6) is 0 Å². The summed E-state index contributed by atoms with van der Waals surface area (Å²) in [5, 5.41) is 40.0. The zero-order valence-electron chi connectivity index (χ0n) is 46.3. The van der Waals surface area contributed by atoms with Gasteiger partial charge in [0.25, 0.3) is 0 Å². The molecule has 9 atom stereocenters. The van der Waals surface area contributed by atoms with Gasteiger partial charge in [0.05, 0.1) is 30.9 Å². The van der Waals surface area contributed by atoms with E-state index in [0.29, 0.717) is 5.56 Å². The van der Waals surface area contributed by atoms with Crippen molar-refractivity contribution in [2.24, 2.45) is 11.8 Å². The largest absolute Gasteiger partial charge is 0.481 e. The molecular weight excluding hydrogens is 963 g/mol. The van der Waals surface area contributed by atoms with Crippen molar-refractivity contribution in [3.63, 3.8) is 0 Å². The van der Waals surface area contributed by atoms with E-state index in [1.165, 1.54) is 56.9 Å². The Bertz CT molecular complexity index is 2080. The van der Waals surface area contributed by atoms with Crippen LogP contribution in [-0.2, 0) is 59.1 Å². The van der Waals surface area contributed by atoms with E-state index in [2.05, 4.69) is 21.3 Å². The van der Waals surface area contributed by atoms with Gasteiger partial charge in [0.1, 0.15) is 42.3 Å². The number of hydrogen-bond donors (Lipinski definition) is 7. The molecule has 418 valence electrons. The molecule has 8 amide bonds. The zero-order valence-corrected chi connectivity index (χ0v) is 46.3. The van der Waals surface area contributed by atoms with Crippen LogP contribution in [0.2, 0.25) is 0 Å². The molecule has 0 aromatic heterocycles. The number of rotatable bonds is 30. The lowest BCUT2D eigenvalue weighted by atomic mass is 9.98. The van der Waals surface area contributed by atoms with Gasteiger partial charge in [-0.25, -0.2) is 4.79 Å². The van der Waals surface area contributed by atoms with Crippen molar-refractivity contribution < 1.29 is 68.0 Å². The van der Waals surface area contributed by atoms with Gasteiger partial charge in [-0.15, -0.1) is 0 Å². The molecule has 0 aliphatic rings. The summed E-state index contributed by atoms with van der Waals surface area (Å²) in [6.07, 6.45) is -2.32. The average molecular weight is 1050 g/mol. The van der Waals surface area contributed by atoms with E-state index in [-0.39, 0.29) is 37.0 Å². The topological polar surface area (TPSA) is 305 Å². The van der Waals surface area contributed by atoms with E-state index in [1.807, 2.05) is 13.8 Å². The third kappa shape index (κ3) is 21.0. The van der Waals surface area contributed by atoms with Gasteiger partial charge in [0.15, 0.2) is 0 Å². The number of hydrogen-bond acceptors (Lipinski definition) is 13. The molecule has 0 fully saturated rings. The fourth-order valence-electron chi connectivity index (χ4n) is 7.65. The van der Waals surface area contributed by atoms with E-state index in [4.69, 9.17) is 9.84 Å². The molecule has 0 aliphatic heterocycles. The summed E-state index contributed by atoms with van der Waals surface area (Å²) in [4.78, 5) is 141. The Hall–Kier alpha value is -6.20. The van der Waals surface area contributed by atoms with Crippen molar-refractivity contribution in [1.82, 2.24) is 45.8 Å². The first-order valence-electron chi connectivity index (χ1n) is 24.9. The van der Waals surface area contributed by atoms with Gasteiger partial charge in [-0.2, -0.15) is 0 Å². The third-order valence-electron chi connectivity index (χ3n) is 12.5. The number of carboxylic acids is 2. The lowest BCUT2D eigenvalue weighted by Crippen LogP contribution is -2.61. The standard InChI is InChI=1S/C51H85N9O14/c1-29(2)24-37(44(66)54-36(28-74-51(8,9)10)43(65)53-35(50(72)73)22-23-41(63)64)58(14)40(62)27-56(12)49(71)42(33(7)61)55-45(67)38(25-30(3)4)59(15)48(70)39(26-34-20-18-17-19-21-34)60(16)47(69)32(6)57(13)46(68)31(5)52-11/h17-21,29-33,35-39,42,52,61H,22-28H2,1-16H3,(H,53,65)(H,54,66)(H,55,67)(H,63,64)(H,72,73)/t31-,32-,33+,35-,36-,37-,38-,39-,42-/m0/s1. The first-order chi connectivity index (χ1) is 34.2. The highest BCUT2D eigenvalue weighted by molar-refractivity contribution is 5.97. The maximum absolute atomic E-state index is 14.7. The van der Waals surface area contributed by atoms with Crippen molar-refractivity contribution in [2.45, 2.75) is 161 Å². The van der Waals surface area contributed by atoms with Crippen LogP contribution in [0.15, 0.2) is 30.3 Å². The molecule has 0 saturated carbocycles. The molecule has 0 bridgehead atoms. The van der Waals surface area contributed by atoms with Crippen LogP contribution in [0, 0.1) is 11.8 Å². The van der Waals surface area contributed by atoms with Crippen molar-refractivity contribution in [1.29, 1.82) is 0 Å². The number of nitrogens with one attached hydrogen (secondary N) is 4. The van der Waals surface area contributed by atoms with Gasteiger partial charge in [0.2, 0.25) is 47.3 Å². The number of carbonyl (C=O) groups excluding carboxylic acids is 8. The Kier molecular flexibility index (Phi) is 26.9. The molecule has 0 aliphatic carbocycles. The molecule has 0 unspecified atom stereocenters. The first-order valence-corrected chi connectivity index (χ1v) is 24.9. The van der Waals surface area contributed by atoms with Crippen LogP contribution in [0.3, 0.4) is 0 Å². The summed E-state index contributed by atoms with van der Waals surface area (Å²) in [5.74, 6) is -8.90. The molecule has 1 rings (SSSR count). The number of aliphatic carboxylic acids is 2. The highest BCUT2D eigenvalue weighted by Gasteiger charge is 2.40. The number of amides is 8. The Morgan fingerprint density at radius 3 is 1.59 bits per heavy atom. The minimum atomic E-state index is -1.64. The third-order valence-corrected chi connectivity index (χ3v) is 12.5. The smallest absolute Gasteiger partial charge is 0.326 e. The minimum absolute atomic E-state index is 0.0479. The van der Waals surface area contributed by atoms with Gasteiger partial charge in [0, 0.05) is 48.1 Å². The highest BCUT2D eigenvalue weighted by atomic mass is 16.5. The molecule has 0 heterocycles. The lowest BCUT2D eigenvalue weighted by Gasteiger charge is -2.38. The fourth-order valence-corrected chi connectivity index (χ4v) is 7.65. The number of likely N-dealkylation sites (N-methyl/N-ethyl adjacent to an activating group) is 6. The summed E-state index contributed by atoms with van der Waals surface area (Å²) >= 11 is 0. The van der Waals surface area contributed by atoms with Gasteiger partial charge in [-0.3, -0.25) is 43.2 Å². The molecule has 7 N–H and O–H groups in total. The second-order valence-corrected chi connectivity index (χ2v) is 20.8. The number of ether oxygens (including phenoxy) is 1. The molecule has 0 radical (unpaired) electrons. The van der Waals surface area contributed by atoms with E-state index in [0.717, 1.165) is 9.80 Å². The Morgan fingerprint density at radius 1 is 0.622 bits per heavy atom. The normalized spacial score (nSPS) is 15.2. The summed E-state index contributed by atoms with van der Waals surface area (Å²) in [5.41, 5.74) is -0.106. The SMILES string of the molecule is CN[C@@H](C)C(=O)N(C)[C@@H](C)C(=O)N(C)[C@@H](Cc1ccccc1)C(=O)N(C)[C@@H](CC(C)C)C(=O)N[C@H](C(=O)N(C)CC(=O)N(C)[C@@H](CC(C)C)C(=O)N[C@@H](COC(C)(C)C)C(=O)N[C@@H](CCC(=O)O)C(=O)O)[C@@H](C)O. The number of nitrogens with zero attached hydrogens (tertiary/aromatic N) is 5. The fraction of sp³-hybridized carbons (Fsp3) is 0.686. The van der Waals surface area contributed by atoms with Crippen LogP contribution in [-0.4, -0.2) is 214 Å². The molecular formula is C51H85N9O14. The van der Waals surface area contributed by atoms with Gasteiger partial charge >= 0.3 is 11.9 Å². The number of carboxylic acid groups (broad SMARTS) is 2. The Balaban J connectivity index is 3.50. The summed E-state index contributed by atoms with van der Waals surface area (Å²) < 4.78 is 5.77. The van der Waals surface area contributed by atoms with Crippen LogP contribution in [0.4, 0.5) is 0 Å². The van der Waals surface area contributed by atoms with Crippen LogP contribution in [0.1, 0.15) is 100 Å². The Morgan fingerprint density at radius 2 is 1.12 bits per heavy atom. The van der Waals surface area contributed by atoms with Gasteiger partial charge in [-0.05, 0) is 85.3 Å². The van der Waals surface area contributed by atoms with Crippen molar-refractivity contribution in [3.05, 3.63) is 35.9 Å². The second-order valence-electron chi connectivity index (χ2n) is 20.8. The van der Waals surface area contributed by atoms with Crippen molar-refractivity contribution >= 4 is 59.2 Å². The Labute approximate surface area is 436 Å². The minimum Gasteiger partial charge on any atom is -0.481 e. The average Bonchev–Trinajstić information content (AvgIpc) is 3.32. The van der Waals surface area contributed by atoms with E-state index < -0.39 is 139 Å². The molecule has 74 heavy (non-hydrogen) atoms. The number of benzene rings is 1. The van der Waals surface area contributed by atoms with E-state index in [1.54, 1.807) is 85.8 Å². The molecule has 1 aromatic carbocycles. The molecule has 1 aromatic rings. The van der Waals surface area contributed by atoms with E-state index >= 15 is 0 Å². The maximum Gasteiger partial charge on any atom is 0.326 e. The van der Waals surface area contributed by atoms with Gasteiger partial charge < -0.3 is 65.8 Å². The zero-order chi connectivity index (χ0) is 57.1. The van der Waals surface area contributed by atoms with Gasteiger partial charge in [-0.1, -0.05) is 58.0 Å². The number of carbonyl (C=O) groups is 10. The number of aliphatic hydroxyl groups is 1. The highest BCUT2D eigenvalue weighted by Crippen LogP contribution is 2.20. The molecule has 0 saturated heterocycles. The molecule has 23 heteroatoms. The monoisotopic (exact) mass is 1050 g/mol. The van der Waals surface area contributed by atoms with Crippen LogP contribution in [0.25, 0.3) is 0 Å². The predicted octanol–water partition coefficient (Wildman–Crippen LogP) is 0.315. The summed E-state index contributed by atoms with van der Waals surface area (Å²) in [6, 6.07) is -0.987.